The summed E-state index contributed by atoms with van der Waals surface area (Å²) in [7, 11) is 0. The van der Waals surface area contributed by atoms with E-state index in [4.69, 9.17) is 17.3 Å². The molecule has 0 saturated heterocycles. The number of hydrogen-bond acceptors (Lipinski definition) is 1. The van der Waals surface area contributed by atoms with Gasteiger partial charge >= 0.3 is 0 Å². The first-order chi connectivity index (χ1) is 8.66. The van der Waals surface area contributed by atoms with Crippen molar-refractivity contribution in [3.8, 4) is 0 Å². The summed E-state index contributed by atoms with van der Waals surface area (Å²) in [6.45, 7) is 0. The molecule has 0 heterocycles. The summed E-state index contributed by atoms with van der Waals surface area (Å²) in [6, 6.07) is 14.5. The topological polar surface area (TPSA) is 26.0 Å². The average Bonchev–Trinajstić information content (AvgIpc) is 2.38. The minimum absolute atomic E-state index is 0.0683. The fourth-order valence-corrected chi connectivity index (χ4v) is 2.06. The molecule has 0 aliphatic rings. The van der Waals surface area contributed by atoms with Crippen molar-refractivity contribution in [2.45, 2.75) is 18.9 Å². The van der Waals surface area contributed by atoms with Gasteiger partial charge < -0.3 is 5.73 Å². The smallest absolute Gasteiger partial charge is 0.127 e. The van der Waals surface area contributed by atoms with Gasteiger partial charge in [-0.25, -0.2) is 4.39 Å². The van der Waals surface area contributed by atoms with Crippen molar-refractivity contribution in [1.82, 2.24) is 0 Å². The Morgan fingerprint density at radius 3 is 2.50 bits per heavy atom. The van der Waals surface area contributed by atoms with Crippen molar-refractivity contribution < 1.29 is 4.39 Å². The molecule has 2 aromatic carbocycles. The molecule has 1 atom stereocenters. The Bertz CT molecular complexity index is 513. The number of halogens is 2. The van der Waals surface area contributed by atoms with Crippen molar-refractivity contribution >= 4 is 11.6 Å². The van der Waals surface area contributed by atoms with Crippen LogP contribution in [0.4, 0.5) is 4.39 Å². The average molecular weight is 264 g/mol. The Balaban J connectivity index is 1.99. The lowest BCUT2D eigenvalue weighted by atomic mass is 9.99. The maximum absolute atomic E-state index is 13.6. The normalized spacial score (nSPS) is 12.4. The lowest BCUT2D eigenvalue weighted by Crippen LogP contribution is -2.11. The quantitative estimate of drug-likeness (QED) is 0.883. The predicted octanol–water partition coefficient (Wildman–Crippen LogP) is 4.11. The highest BCUT2D eigenvalue weighted by Crippen LogP contribution is 2.20. The zero-order chi connectivity index (χ0) is 13.0. The van der Waals surface area contributed by atoms with E-state index in [-0.39, 0.29) is 11.9 Å². The van der Waals surface area contributed by atoms with Gasteiger partial charge in [0.1, 0.15) is 5.82 Å². The lowest BCUT2D eigenvalue weighted by Gasteiger charge is -2.12. The van der Waals surface area contributed by atoms with Crippen LogP contribution in [0.5, 0.6) is 0 Å². The van der Waals surface area contributed by atoms with Gasteiger partial charge in [0.15, 0.2) is 0 Å². The van der Waals surface area contributed by atoms with Crippen molar-refractivity contribution in [3.05, 3.63) is 70.5 Å². The van der Waals surface area contributed by atoms with Crippen LogP contribution in [-0.2, 0) is 6.42 Å². The van der Waals surface area contributed by atoms with Crippen LogP contribution in [0.15, 0.2) is 48.5 Å². The molecule has 94 valence electrons. The fraction of sp³-hybridized carbons (Fsp3) is 0.200. The molecule has 0 saturated carbocycles. The van der Waals surface area contributed by atoms with E-state index in [1.165, 1.54) is 6.07 Å². The van der Waals surface area contributed by atoms with E-state index in [9.17, 15) is 4.39 Å². The SMILES string of the molecule is NC(CCc1ccc(Cl)cc1F)c1ccccc1. The second kappa shape index (κ2) is 5.98. The second-order valence-electron chi connectivity index (χ2n) is 4.29. The molecule has 0 amide bonds. The van der Waals surface area contributed by atoms with Gasteiger partial charge in [-0.3, -0.25) is 0 Å². The van der Waals surface area contributed by atoms with E-state index in [2.05, 4.69) is 0 Å². The summed E-state index contributed by atoms with van der Waals surface area (Å²) < 4.78 is 13.6. The van der Waals surface area contributed by atoms with Gasteiger partial charge in [-0.05, 0) is 36.1 Å². The summed E-state index contributed by atoms with van der Waals surface area (Å²) >= 11 is 5.71. The minimum Gasteiger partial charge on any atom is -0.324 e. The van der Waals surface area contributed by atoms with Crippen LogP contribution >= 0.6 is 11.6 Å². The molecule has 0 aromatic heterocycles. The van der Waals surface area contributed by atoms with Gasteiger partial charge in [0.2, 0.25) is 0 Å². The lowest BCUT2D eigenvalue weighted by molar-refractivity contribution is 0.586. The summed E-state index contributed by atoms with van der Waals surface area (Å²) in [5, 5.41) is 0.420. The number of aryl methyl sites for hydroxylation is 1. The summed E-state index contributed by atoms with van der Waals surface area (Å²) in [4.78, 5) is 0. The third kappa shape index (κ3) is 3.31. The molecule has 2 aromatic rings. The Hall–Kier alpha value is -1.38. The van der Waals surface area contributed by atoms with Crippen LogP contribution in [0, 0.1) is 5.82 Å². The summed E-state index contributed by atoms with van der Waals surface area (Å²) in [5.41, 5.74) is 7.81. The summed E-state index contributed by atoms with van der Waals surface area (Å²) in [5.74, 6) is -0.261. The maximum Gasteiger partial charge on any atom is 0.127 e. The zero-order valence-corrected chi connectivity index (χ0v) is 10.7. The molecule has 2 N–H and O–H groups in total. The highest BCUT2D eigenvalue weighted by molar-refractivity contribution is 6.30. The molecule has 2 rings (SSSR count). The first-order valence-electron chi connectivity index (χ1n) is 5.91. The van der Waals surface area contributed by atoms with Crippen LogP contribution in [0.1, 0.15) is 23.6 Å². The van der Waals surface area contributed by atoms with Crippen molar-refractivity contribution in [1.29, 1.82) is 0 Å². The van der Waals surface area contributed by atoms with Gasteiger partial charge in [-0.1, -0.05) is 48.0 Å². The van der Waals surface area contributed by atoms with E-state index in [0.29, 0.717) is 23.4 Å². The monoisotopic (exact) mass is 263 g/mol. The van der Waals surface area contributed by atoms with E-state index >= 15 is 0 Å². The molecular formula is C15H15ClFN. The molecule has 0 spiro atoms. The Morgan fingerprint density at radius 1 is 1.11 bits per heavy atom. The van der Waals surface area contributed by atoms with Gasteiger partial charge in [-0.15, -0.1) is 0 Å². The minimum atomic E-state index is -0.261. The van der Waals surface area contributed by atoms with Crippen molar-refractivity contribution in [3.63, 3.8) is 0 Å². The second-order valence-corrected chi connectivity index (χ2v) is 4.73. The number of hydrogen-bond donors (Lipinski definition) is 1. The van der Waals surface area contributed by atoms with E-state index in [1.807, 2.05) is 30.3 Å². The highest BCUT2D eigenvalue weighted by Gasteiger charge is 2.08. The van der Waals surface area contributed by atoms with Gasteiger partial charge in [0.05, 0.1) is 0 Å². The molecule has 0 fully saturated rings. The third-order valence-electron chi connectivity index (χ3n) is 2.97. The number of nitrogens with two attached hydrogens (primary N) is 1. The number of benzene rings is 2. The molecule has 3 heteroatoms. The first-order valence-corrected chi connectivity index (χ1v) is 6.29. The van der Waals surface area contributed by atoms with Crippen LogP contribution in [0.2, 0.25) is 5.02 Å². The maximum atomic E-state index is 13.6. The van der Waals surface area contributed by atoms with Crippen molar-refractivity contribution in [2.24, 2.45) is 5.73 Å². The Morgan fingerprint density at radius 2 is 1.83 bits per heavy atom. The summed E-state index contributed by atoms with van der Waals surface area (Å²) in [6.07, 6.45) is 1.32. The zero-order valence-electron chi connectivity index (χ0n) is 9.94. The predicted molar refractivity (Wildman–Crippen MR) is 73.1 cm³/mol. The van der Waals surface area contributed by atoms with E-state index in [0.717, 1.165) is 5.56 Å². The van der Waals surface area contributed by atoms with Crippen LogP contribution in [0.3, 0.4) is 0 Å². The standard InChI is InChI=1S/C15H15ClFN/c16-13-8-6-11(14(17)10-13)7-9-15(18)12-4-2-1-3-5-12/h1-6,8,10,15H,7,9,18H2. The first kappa shape index (κ1) is 13.1. The molecule has 0 aliphatic heterocycles. The molecule has 0 bridgehead atoms. The fourth-order valence-electron chi connectivity index (χ4n) is 1.90. The molecule has 1 unspecified atom stereocenters. The molecule has 0 aliphatic carbocycles. The van der Waals surface area contributed by atoms with Crippen LogP contribution in [0.25, 0.3) is 0 Å². The van der Waals surface area contributed by atoms with E-state index in [1.54, 1.807) is 12.1 Å². The molecule has 1 nitrogen and oxygen atoms in total. The van der Waals surface area contributed by atoms with Gasteiger partial charge in [-0.2, -0.15) is 0 Å². The third-order valence-corrected chi connectivity index (χ3v) is 3.20. The van der Waals surface area contributed by atoms with Crippen LogP contribution < -0.4 is 5.73 Å². The van der Waals surface area contributed by atoms with Crippen LogP contribution in [-0.4, -0.2) is 0 Å². The molecular weight excluding hydrogens is 249 g/mol. The molecule has 18 heavy (non-hydrogen) atoms. The largest absolute Gasteiger partial charge is 0.324 e. The Labute approximate surface area is 111 Å². The van der Waals surface area contributed by atoms with E-state index < -0.39 is 0 Å². The molecule has 0 radical (unpaired) electrons. The van der Waals surface area contributed by atoms with Gasteiger partial charge in [0, 0.05) is 11.1 Å². The Kier molecular flexibility index (Phi) is 4.34. The number of rotatable bonds is 4. The van der Waals surface area contributed by atoms with Gasteiger partial charge in [0.25, 0.3) is 0 Å². The highest BCUT2D eigenvalue weighted by atomic mass is 35.5. The van der Waals surface area contributed by atoms with Crippen molar-refractivity contribution in [2.75, 3.05) is 0 Å².